The summed E-state index contributed by atoms with van der Waals surface area (Å²) in [6.07, 6.45) is 2.08. The lowest BCUT2D eigenvalue weighted by Crippen LogP contribution is -2.41. The molecule has 1 fully saturated rings. The van der Waals surface area contributed by atoms with E-state index in [-0.39, 0.29) is 11.9 Å². The van der Waals surface area contributed by atoms with Crippen LogP contribution in [-0.4, -0.2) is 58.0 Å². The van der Waals surface area contributed by atoms with E-state index < -0.39 is 6.10 Å². The molecule has 2 N–H and O–H groups in total. The molecule has 1 aliphatic rings. The van der Waals surface area contributed by atoms with Crippen molar-refractivity contribution in [3.8, 4) is 5.75 Å². The summed E-state index contributed by atoms with van der Waals surface area (Å²) < 4.78 is 5.75. The summed E-state index contributed by atoms with van der Waals surface area (Å²) in [5.41, 5.74) is 5.71. The number of nitrogens with zero attached hydrogens (tertiary/aromatic N) is 4. The molecule has 0 radical (unpaired) electrons. The molecule has 1 aromatic heterocycles. The molecule has 2 aromatic rings. The lowest BCUT2D eigenvalue weighted by molar-refractivity contribution is -0.137. The minimum atomic E-state index is -0.501. The van der Waals surface area contributed by atoms with Crippen LogP contribution in [0.2, 0.25) is 0 Å². The number of ether oxygens (including phenoxy) is 1. The average Bonchev–Trinajstić information content (AvgIpc) is 3.12. The molecule has 0 spiro atoms. The summed E-state index contributed by atoms with van der Waals surface area (Å²) >= 11 is 0. The molecule has 0 saturated carbocycles. The number of para-hydroxylation sites is 1. The highest BCUT2D eigenvalue weighted by molar-refractivity contribution is 5.81. The van der Waals surface area contributed by atoms with E-state index in [2.05, 4.69) is 14.9 Å². The maximum absolute atomic E-state index is 12.7. The molecule has 0 bridgehead atoms. The summed E-state index contributed by atoms with van der Waals surface area (Å²) in [5.74, 6) is 1.89. The van der Waals surface area contributed by atoms with E-state index >= 15 is 0 Å². The third kappa shape index (κ3) is 4.49. The quantitative estimate of drug-likeness (QED) is 0.846. The average molecular weight is 355 g/mol. The second-order valence-corrected chi connectivity index (χ2v) is 6.61. The number of hydrogen-bond donors (Lipinski definition) is 1. The van der Waals surface area contributed by atoms with Gasteiger partial charge in [0.1, 0.15) is 17.4 Å². The number of carbonyl (C=O) groups excluding carboxylic acids is 1. The highest BCUT2D eigenvalue weighted by Gasteiger charge is 2.32. The molecular formula is C19H25N5O2. The van der Waals surface area contributed by atoms with E-state index in [4.69, 9.17) is 10.5 Å². The van der Waals surface area contributed by atoms with Gasteiger partial charge in [0, 0.05) is 25.3 Å². The first-order chi connectivity index (χ1) is 12.5. The lowest BCUT2D eigenvalue weighted by Gasteiger charge is -2.25. The maximum atomic E-state index is 12.7. The Kier molecular flexibility index (Phi) is 5.68. The fourth-order valence-corrected chi connectivity index (χ4v) is 3.16. The normalized spacial score (nSPS) is 18.1. The van der Waals surface area contributed by atoms with E-state index in [0.717, 1.165) is 13.0 Å². The number of anilines is 1. The number of likely N-dealkylation sites (tertiary alicyclic amines) is 1. The molecule has 138 valence electrons. The Labute approximate surface area is 153 Å². The van der Waals surface area contributed by atoms with Crippen LogP contribution in [-0.2, 0) is 11.3 Å². The number of hydrogen-bond acceptors (Lipinski definition) is 6. The predicted molar refractivity (Wildman–Crippen MR) is 99.4 cm³/mol. The van der Waals surface area contributed by atoms with E-state index in [1.807, 2.05) is 42.3 Å². The van der Waals surface area contributed by atoms with Crippen molar-refractivity contribution in [2.24, 2.45) is 0 Å². The smallest absolute Gasteiger partial charge is 0.263 e. The van der Waals surface area contributed by atoms with Crippen molar-refractivity contribution in [1.29, 1.82) is 0 Å². The molecule has 1 amide bonds. The summed E-state index contributed by atoms with van der Waals surface area (Å²) in [7, 11) is 2.02. The molecule has 0 aliphatic carbocycles. The van der Waals surface area contributed by atoms with E-state index in [9.17, 15) is 4.79 Å². The van der Waals surface area contributed by atoms with Gasteiger partial charge in [-0.1, -0.05) is 18.2 Å². The van der Waals surface area contributed by atoms with Crippen molar-refractivity contribution in [1.82, 2.24) is 19.8 Å². The highest BCUT2D eigenvalue weighted by Crippen LogP contribution is 2.19. The number of aromatic nitrogens is 2. The Morgan fingerprint density at radius 1 is 1.38 bits per heavy atom. The van der Waals surface area contributed by atoms with Crippen LogP contribution in [0.3, 0.4) is 0 Å². The van der Waals surface area contributed by atoms with Crippen molar-refractivity contribution in [2.75, 3.05) is 25.9 Å². The summed E-state index contributed by atoms with van der Waals surface area (Å²) in [6, 6.07) is 11.4. The van der Waals surface area contributed by atoms with Gasteiger partial charge in [-0.15, -0.1) is 0 Å². The SMILES string of the molecule is CC(Oc1ccccc1)C(=O)N1CCC(N(C)Cc2nccc(N)n2)C1. The topological polar surface area (TPSA) is 84.6 Å². The zero-order valence-electron chi connectivity index (χ0n) is 15.2. The monoisotopic (exact) mass is 355 g/mol. The van der Waals surface area contributed by atoms with E-state index in [0.29, 0.717) is 30.5 Å². The van der Waals surface area contributed by atoms with E-state index in [1.165, 1.54) is 0 Å². The Hall–Kier alpha value is -2.67. The van der Waals surface area contributed by atoms with Crippen molar-refractivity contribution in [3.63, 3.8) is 0 Å². The van der Waals surface area contributed by atoms with Crippen molar-refractivity contribution in [3.05, 3.63) is 48.4 Å². The van der Waals surface area contributed by atoms with Crippen LogP contribution in [0, 0.1) is 0 Å². The number of nitrogen functional groups attached to an aromatic ring is 1. The number of benzene rings is 1. The zero-order chi connectivity index (χ0) is 18.5. The fraction of sp³-hybridized carbons (Fsp3) is 0.421. The fourth-order valence-electron chi connectivity index (χ4n) is 3.16. The minimum absolute atomic E-state index is 0.0185. The summed E-state index contributed by atoms with van der Waals surface area (Å²) in [4.78, 5) is 25.2. The number of likely N-dealkylation sites (N-methyl/N-ethyl adjacent to an activating group) is 1. The highest BCUT2D eigenvalue weighted by atomic mass is 16.5. The van der Waals surface area contributed by atoms with Gasteiger partial charge in [0.05, 0.1) is 6.54 Å². The molecule has 3 rings (SSSR count). The van der Waals surface area contributed by atoms with Crippen LogP contribution < -0.4 is 10.5 Å². The maximum Gasteiger partial charge on any atom is 0.263 e. The Morgan fingerprint density at radius 3 is 2.88 bits per heavy atom. The van der Waals surface area contributed by atoms with Crippen LogP contribution in [0.25, 0.3) is 0 Å². The van der Waals surface area contributed by atoms with Crippen LogP contribution >= 0.6 is 0 Å². The molecule has 26 heavy (non-hydrogen) atoms. The molecule has 7 heteroatoms. The first-order valence-corrected chi connectivity index (χ1v) is 8.81. The Balaban J connectivity index is 1.53. The van der Waals surface area contributed by atoms with Gasteiger partial charge < -0.3 is 15.4 Å². The van der Waals surface area contributed by atoms with Gasteiger partial charge in [-0.25, -0.2) is 9.97 Å². The summed E-state index contributed by atoms with van der Waals surface area (Å²) in [6.45, 7) is 3.81. The first-order valence-electron chi connectivity index (χ1n) is 8.81. The third-order valence-corrected chi connectivity index (χ3v) is 4.62. The zero-order valence-corrected chi connectivity index (χ0v) is 15.2. The molecule has 2 heterocycles. The third-order valence-electron chi connectivity index (χ3n) is 4.62. The van der Waals surface area contributed by atoms with Gasteiger partial charge in [-0.2, -0.15) is 0 Å². The van der Waals surface area contributed by atoms with Gasteiger partial charge in [0.25, 0.3) is 5.91 Å². The largest absolute Gasteiger partial charge is 0.481 e. The van der Waals surface area contributed by atoms with Gasteiger partial charge >= 0.3 is 0 Å². The predicted octanol–water partition coefficient (Wildman–Crippen LogP) is 1.56. The molecule has 1 aliphatic heterocycles. The lowest BCUT2D eigenvalue weighted by atomic mass is 10.2. The molecule has 7 nitrogen and oxygen atoms in total. The van der Waals surface area contributed by atoms with Crippen LogP contribution in [0.4, 0.5) is 5.82 Å². The van der Waals surface area contributed by atoms with Gasteiger partial charge in [-0.3, -0.25) is 9.69 Å². The van der Waals surface area contributed by atoms with Gasteiger partial charge in [0.2, 0.25) is 0 Å². The molecule has 1 saturated heterocycles. The number of rotatable bonds is 6. The van der Waals surface area contributed by atoms with Gasteiger partial charge in [-0.05, 0) is 38.6 Å². The van der Waals surface area contributed by atoms with Crippen LogP contribution in [0.15, 0.2) is 42.6 Å². The second-order valence-electron chi connectivity index (χ2n) is 6.61. The van der Waals surface area contributed by atoms with Crippen molar-refractivity contribution < 1.29 is 9.53 Å². The standard InChI is InChI=1S/C19H25N5O2/c1-14(26-16-6-4-3-5-7-16)19(25)24-11-9-15(12-24)23(2)13-18-21-10-8-17(20)22-18/h3-8,10,14-15H,9,11-13H2,1-2H3,(H2,20,21,22). The van der Waals surface area contributed by atoms with Crippen molar-refractivity contribution >= 4 is 11.7 Å². The number of nitrogens with two attached hydrogens (primary N) is 1. The van der Waals surface area contributed by atoms with Crippen LogP contribution in [0.5, 0.6) is 5.75 Å². The Bertz CT molecular complexity index is 740. The Morgan fingerprint density at radius 2 is 2.15 bits per heavy atom. The summed E-state index contributed by atoms with van der Waals surface area (Å²) in [5, 5.41) is 0. The molecule has 2 unspecified atom stereocenters. The molecule has 2 atom stereocenters. The van der Waals surface area contributed by atoms with Crippen molar-refractivity contribution in [2.45, 2.75) is 32.0 Å². The number of carbonyl (C=O) groups is 1. The molecule has 1 aromatic carbocycles. The number of amides is 1. The second kappa shape index (κ2) is 8.14. The minimum Gasteiger partial charge on any atom is -0.481 e. The van der Waals surface area contributed by atoms with E-state index in [1.54, 1.807) is 19.2 Å². The van der Waals surface area contributed by atoms with Gasteiger partial charge in [0.15, 0.2) is 6.10 Å². The van der Waals surface area contributed by atoms with Crippen LogP contribution in [0.1, 0.15) is 19.2 Å². The first kappa shape index (κ1) is 18.1. The molecular weight excluding hydrogens is 330 g/mol.